The zero-order valence-electron chi connectivity index (χ0n) is 13.1. The molecule has 0 spiro atoms. The molecular weight excluding hydrogens is 304 g/mol. The Morgan fingerprint density at radius 3 is 2.74 bits per heavy atom. The molecule has 3 rings (SSSR count). The van der Waals surface area contributed by atoms with E-state index in [-0.39, 0.29) is 18.0 Å². The molecule has 0 saturated carbocycles. The number of carboxylic acids is 1. The minimum Gasteiger partial charge on any atom is -0.481 e. The molecule has 1 aromatic rings. The first kappa shape index (κ1) is 18.4. The minimum absolute atomic E-state index is 0.0486. The maximum absolute atomic E-state index is 10.9. The van der Waals surface area contributed by atoms with Crippen molar-refractivity contribution in [3.63, 3.8) is 0 Å². The summed E-state index contributed by atoms with van der Waals surface area (Å²) in [5.74, 6) is -0.0556. The lowest BCUT2D eigenvalue weighted by Gasteiger charge is -2.12. The van der Waals surface area contributed by atoms with Crippen molar-refractivity contribution >= 4 is 23.4 Å². The standard InChI is InChI=1S/C8H6N2O4.C7H14O2/c11-8-9-6-2-1-5(4-14-8)3-7(6)10(12)13;1-6(2)4-3-5-7(8)9/h1-3H,4H2,(H,9,11);6H,3-5H2,1-2H3,(H,8,9). The predicted octanol–water partition coefficient (Wildman–Crippen LogP) is 3.55. The van der Waals surface area contributed by atoms with Gasteiger partial charge in [-0.3, -0.25) is 20.2 Å². The number of amides is 1. The highest BCUT2D eigenvalue weighted by molar-refractivity contribution is 5.88. The summed E-state index contributed by atoms with van der Waals surface area (Å²) >= 11 is 0. The third kappa shape index (κ3) is 6.77. The Kier molecular flexibility index (Phi) is 6.98. The van der Waals surface area contributed by atoms with Gasteiger partial charge in [0.15, 0.2) is 0 Å². The lowest BCUT2D eigenvalue weighted by molar-refractivity contribution is -0.384. The van der Waals surface area contributed by atoms with Gasteiger partial charge in [0.05, 0.1) is 4.92 Å². The summed E-state index contributed by atoms with van der Waals surface area (Å²) in [5, 5.41) is 21.1. The molecular formula is C15H20N2O6. The van der Waals surface area contributed by atoms with E-state index in [1.165, 1.54) is 12.1 Å². The fraction of sp³-hybridized carbons (Fsp3) is 0.467. The van der Waals surface area contributed by atoms with Crippen molar-refractivity contribution in [3.05, 3.63) is 33.9 Å². The van der Waals surface area contributed by atoms with E-state index in [2.05, 4.69) is 19.2 Å². The number of hydrogen-bond acceptors (Lipinski definition) is 5. The summed E-state index contributed by atoms with van der Waals surface area (Å²) in [4.78, 5) is 31.0. The van der Waals surface area contributed by atoms with Crippen LogP contribution in [0.4, 0.5) is 16.2 Å². The van der Waals surface area contributed by atoms with Crippen LogP contribution in [-0.2, 0) is 16.1 Å². The molecule has 0 unspecified atom stereocenters. The Bertz CT molecular complexity index is 585. The molecule has 2 aliphatic heterocycles. The first-order valence-corrected chi connectivity index (χ1v) is 7.22. The number of nitro benzene ring substituents is 1. The van der Waals surface area contributed by atoms with Gasteiger partial charge in [-0.15, -0.1) is 0 Å². The van der Waals surface area contributed by atoms with Gasteiger partial charge in [0.1, 0.15) is 12.3 Å². The van der Waals surface area contributed by atoms with Crippen molar-refractivity contribution in [2.75, 3.05) is 5.32 Å². The van der Waals surface area contributed by atoms with E-state index in [0.29, 0.717) is 17.9 Å². The van der Waals surface area contributed by atoms with Crippen LogP contribution < -0.4 is 5.32 Å². The molecule has 8 heteroatoms. The van der Waals surface area contributed by atoms with E-state index in [0.717, 1.165) is 12.8 Å². The van der Waals surface area contributed by atoms with Gasteiger partial charge >= 0.3 is 12.1 Å². The lowest BCUT2D eigenvalue weighted by Crippen LogP contribution is -2.17. The normalized spacial score (nSPS) is 12.4. The van der Waals surface area contributed by atoms with Crippen LogP contribution in [0.5, 0.6) is 0 Å². The number of aliphatic carboxylic acids is 1. The monoisotopic (exact) mass is 324 g/mol. The Labute approximate surface area is 133 Å². The zero-order valence-corrected chi connectivity index (χ0v) is 13.1. The number of nitrogens with zero attached hydrogens (tertiary/aromatic N) is 1. The van der Waals surface area contributed by atoms with E-state index in [9.17, 15) is 19.7 Å². The van der Waals surface area contributed by atoms with E-state index >= 15 is 0 Å². The van der Waals surface area contributed by atoms with E-state index in [1.807, 2.05) is 0 Å². The second-order valence-electron chi connectivity index (χ2n) is 5.49. The van der Waals surface area contributed by atoms with Crippen LogP contribution in [-0.4, -0.2) is 22.1 Å². The number of hydrogen-bond donors (Lipinski definition) is 2. The number of anilines is 1. The van der Waals surface area contributed by atoms with Crippen LogP contribution in [0.15, 0.2) is 18.2 Å². The van der Waals surface area contributed by atoms with Crippen molar-refractivity contribution in [2.24, 2.45) is 5.92 Å². The first-order valence-electron chi connectivity index (χ1n) is 7.22. The highest BCUT2D eigenvalue weighted by Crippen LogP contribution is 2.27. The van der Waals surface area contributed by atoms with Crippen LogP contribution in [0.3, 0.4) is 0 Å². The van der Waals surface area contributed by atoms with Crippen LogP contribution in [0.1, 0.15) is 38.7 Å². The summed E-state index contributed by atoms with van der Waals surface area (Å²) in [6.45, 7) is 4.25. The van der Waals surface area contributed by atoms with Crippen LogP contribution in [0.2, 0.25) is 0 Å². The topological polar surface area (TPSA) is 119 Å². The molecule has 2 bridgehead atoms. The number of rotatable bonds is 5. The fourth-order valence-corrected chi connectivity index (χ4v) is 1.88. The molecule has 1 amide bonds. The largest absolute Gasteiger partial charge is 0.481 e. The lowest BCUT2D eigenvalue weighted by atomic mass is 10.1. The molecule has 0 aliphatic carbocycles. The van der Waals surface area contributed by atoms with Crippen molar-refractivity contribution in [1.29, 1.82) is 0 Å². The maximum atomic E-state index is 10.9. The van der Waals surface area contributed by atoms with Crippen molar-refractivity contribution in [3.8, 4) is 0 Å². The quantitative estimate of drug-likeness (QED) is 0.631. The highest BCUT2D eigenvalue weighted by atomic mass is 16.6. The number of nitro groups is 1. The summed E-state index contributed by atoms with van der Waals surface area (Å²) in [5.41, 5.74) is 0.651. The average molecular weight is 324 g/mol. The van der Waals surface area contributed by atoms with Gasteiger partial charge in [-0.25, -0.2) is 4.79 Å². The number of carbonyl (C=O) groups excluding carboxylic acids is 1. The predicted molar refractivity (Wildman–Crippen MR) is 83.2 cm³/mol. The molecule has 0 saturated heterocycles. The molecule has 23 heavy (non-hydrogen) atoms. The Balaban J connectivity index is 0.000000257. The molecule has 0 fully saturated rings. The van der Waals surface area contributed by atoms with E-state index in [1.54, 1.807) is 6.07 Å². The smallest absolute Gasteiger partial charge is 0.412 e. The molecule has 0 radical (unpaired) electrons. The second kappa shape index (κ2) is 8.72. The van der Waals surface area contributed by atoms with Gasteiger partial charge in [0.25, 0.3) is 5.69 Å². The SMILES string of the molecule is CC(C)CCCC(=O)O.O=C1Nc2ccc(cc2[N+](=O)[O-])CO1. The Hall–Kier alpha value is -2.64. The highest BCUT2D eigenvalue weighted by Gasteiger charge is 2.20. The third-order valence-electron chi connectivity index (χ3n) is 3.04. The van der Waals surface area contributed by atoms with Gasteiger partial charge in [-0.1, -0.05) is 26.3 Å². The second-order valence-corrected chi connectivity index (χ2v) is 5.49. The van der Waals surface area contributed by atoms with Gasteiger partial charge < -0.3 is 9.84 Å². The average Bonchev–Trinajstić information content (AvgIpc) is 2.43. The van der Waals surface area contributed by atoms with Gasteiger partial charge in [0, 0.05) is 12.5 Å². The zero-order chi connectivity index (χ0) is 17.4. The van der Waals surface area contributed by atoms with Crippen molar-refractivity contribution < 1.29 is 24.4 Å². The van der Waals surface area contributed by atoms with Crippen molar-refractivity contribution in [2.45, 2.75) is 39.7 Å². The molecule has 2 heterocycles. The number of nitrogens with one attached hydrogen (secondary N) is 1. The number of carboxylic acid groups (broad SMARTS) is 1. The third-order valence-corrected chi connectivity index (χ3v) is 3.04. The van der Waals surface area contributed by atoms with Crippen LogP contribution in [0, 0.1) is 16.0 Å². The van der Waals surface area contributed by atoms with Crippen LogP contribution in [0.25, 0.3) is 0 Å². The first-order chi connectivity index (χ1) is 10.8. The summed E-state index contributed by atoms with van der Waals surface area (Å²) in [6.07, 6.45) is 1.48. The number of benzene rings is 1. The van der Waals surface area contributed by atoms with Gasteiger partial charge in [0.2, 0.25) is 0 Å². The fourth-order valence-electron chi connectivity index (χ4n) is 1.88. The molecule has 8 nitrogen and oxygen atoms in total. The summed E-state index contributed by atoms with van der Waals surface area (Å²) in [6, 6.07) is 4.55. The summed E-state index contributed by atoms with van der Waals surface area (Å²) < 4.78 is 4.72. The Morgan fingerprint density at radius 1 is 1.48 bits per heavy atom. The molecule has 126 valence electrons. The van der Waals surface area contributed by atoms with Crippen molar-refractivity contribution in [1.82, 2.24) is 0 Å². The summed E-state index contributed by atoms with van der Waals surface area (Å²) in [7, 11) is 0. The molecule has 2 N–H and O–H groups in total. The molecule has 2 aliphatic rings. The van der Waals surface area contributed by atoms with E-state index < -0.39 is 17.0 Å². The number of ether oxygens (including phenoxy) is 1. The minimum atomic E-state index is -0.685. The molecule has 1 aromatic carbocycles. The number of carbonyl (C=O) groups is 2. The van der Waals surface area contributed by atoms with E-state index in [4.69, 9.17) is 9.84 Å². The number of fused-ring (bicyclic) bond motifs is 5. The van der Waals surface area contributed by atoms with Gasteiger partial charge in [-0.2, -0.15) is 0 Å². The maximum Gasteiger partial charge on any atom is 0.412 e. The van der Waals surface area contributed by atoms with Gasteiger partial charge in [-0.05, 0) is 24.0 Å². The van der Waals surface area contributed by atoms with Crippen LogP contribution >= 0.6 is 0 Å². The molecule has 0 aromatic heterocycles. The Morgan fingerprint density at radius 2 is 2.17 bits per heavy atom. The molecule has 0 atom stereocenters.